The molecule has 1 amide bonds. The quantitative estimate of drug-likeness (QED) is 0.747. The largest absolute Gasteiger partial charge is 0.493 e. The van der Waals surface area contributed by atoms with E-state index in [1.807, 2.05) is 25.1 Å². The molecule has 1 aliphatic heterocycles. The van der Waals surface area contributed by atoms with E-state index < -0.39 is 10.0 Å². The van der Waals surface area contributed by atoms with Gasteiger partial charge in [0.25, 0.3) is 5.91 Å². The zero-order chi connectivity index (χ0) is 21.0. The molecule has 0 aromatic heterocycles. The molecule has 29 heavy (non-hydrogen) atoms. The number of carbonyl (C=O) groups excluding carboxylic acids is 1. The second-order valence-corrected chi connectivity index (χ2v) is 9.00. The molecule has 1 heterocycles. The van der Waals surface area contributed by atoms with Crippen molar-refractivity contribution < 1.29 is 22.7 Å². The van der Waals surface area contributed by atoms with Crippen molar-refractivity contribution in [2.45, 2.75) is 26.3 Å². The van der Waals surface area contributed by atoms with Crippen LogP contribution in [0.4, 0.5) is 5.69 Å². The zero-order valence-electron chi connectivity index (χ0n) is 16.9. The van der Waals surface area contributed by atoms with Crippen LogP contribution in [0.3, 0.4) is 0 Å². The molecule has 1 aliphatic rings. The van der Waals surface area contributed by atoms with Gasteiger partial charge in [0.2, 0.25) is 10.0 Å². The van der Waals surface area contributed by atoms with E-state index >= 15 is 0 Å². The number of benzene rings is 2. The minimum atomic E-state index is -3.25. The van der Waals surface area contributed by atoms with E-state index in [9.17, 15) is 13.2 Å². The van der Waals surface area contributed by atoms with E-state index in [4.69, 9.17) is 9.47 Å². The average molecular weight is 419 g/mol. The number of rotatable bonds is 7. The van der Waals surface area contributed by atoms with Crippen LogP contribution in [0.25, 0.3) is 0 Å². The Morgan fingerprint density at radius 2 is 1.83 bits per heavy atom. The molecular weight excluding hydrogens is 392 g/mol. The van der Waals surface area contributed by atoms with Crippen molar-refractivity contribution >= 4 is 21.6 Å². The molecule has 0 atom stereocenters. The van der Waals surface area contributed by atoms with Crippen molar-refractivity contribution in [2.24, 2.45) is 0 Å². The predicted octanol–water partition coefficient (Wildman–Crippen LogP) is 3.05. The molecule has 1 N–H and O–H groups in total. The second-order valence-electron chi connectivity index (χ2n) is 6.91. The minimum Gasteiger partial charge on any atom is -0.493 e. The third kappa shape index (κ3) is 4.71. The highest BCUT2D eigenvalue weighted by atomic mass is 32.2. The Kier molecular flexibility index (Phi) is 6.44. The Morgan fingerprint density at radius 3 is 2.52 bits per heavy atom. The number of nitrogens with one attached hydrogen (secondary N) is 1. The average Bonchev–Trinajstić information content (AvgIpc) is 2.72. The Labute approximate surface area is 171 Å². The predicted molar refractivity (Wildman–Crippen MR) is 112 cm³/mol. The van der Waals surface area contributed by atoms with Crippen LogP contribution in [0, 0.1) is 0 Å². The minimum absolute atomic E-state index is 0.151. The van der Waals surface area contributed by atoms with Gasteiger partial charge in [-0.05, 0) is 54.3 Å². The lowest BCUT2D eigenvalue weighted by molar-refractivity contribution is 0.102. The van der Waals surface area contributed by atoms with Crippen molar-refractivity contribution in [2.75, 3.05) is 31.8 Å². The summed E-state index contributed by atoms with van der Waals surface area (Å²) in [5, 5.41) is 2.87. The van der Waals surface area contributed by atoms with Gasteiger partial charge >= 0.3 is 0 Å². The van der Waals surface area contributed by atoms with E-state index in [0.717, 1.165) is 11.1 Å². The molecule has 0 saturated carbocycles. The van der Waals surface area contributed by atoms with Crippen LogP contribution in [0.1, 0.15) is 34.8 Å². The van der Waals surface area contributed by atoms with Gasteiger partial charge < -0.3 is 14.8 Å². The topological polar surface area (TPSA) is 84.9 Å². The summed E-state index contributed by atoms with van der Waals surface area (Å²) in [6, 6.07) is 10.6. The van der Waals surface area contributed by atoms with Crippen LogP contribution in [0.15, 0.2) is 36.4 Å². The van der Waals surface area contributed by atoms with E-state index in [1.54, 1.807) is 18.2 Å². The van der Waals surface area contributed by atoms with Gasteiger partial charge in [0, 0.05) is 24.3 Å². The molecule has 2 aromatic rings. The van der Waals surface area contributed by atoms with E-state index in [1.165, 1.54) is 18.5 Å². The van der Waals surface area contributed by atoms with Gasteiger partial charge in [0.1, 0.15) is 0 Å². The molecule has 0 radical (unpaired) electrons. The monoisotopic (exact) mass is 418 g/mol. The lowest BCUT2D eigenvalue weighted by Gasteiger charge is -2.28. The third-order valence-electron chi connectivity index (χ3n) is 4.94. The molecule has 7 nitrogen and oxygen atoms in total. The number of sulfonamides is 1. The van der Waals surface area contributed by atoms with Gasteiger partial charge in [-0.2, -0.15) is 4.31 Å². The highest BCUT2D eigenvalue weighted by Gasteiger charge is 2.26. The Balaban J connectivity index is 1.78. The number of methoxy groups -OCH3 is 2. The molecule has 0 aliphatic carbocycles. The lowest BCUT2D eigenvalue weighted by atomic mass is 10.0. The van der Waals surface area contributed by atoms with Crippen LogP contribution in [0.2, 0.25) is 0 Å². The number of nitrogens with zero attached hydrogens (tertiary/aromatic N) is 1. The second kappa shape index (κ2) is 8.84. The molecule has 156 valence electrons. The summed E-state index contributed by atoms with van der Waals surface area (Å²) in [5.74, 6) is 0.892. The maximum Gasteiger partial charge on any atom is 0.255 e. The summed E-state index contributed by atoms with van der Waals surface area (Å²) in [6.07, 6.45) is 1.26. The molecule has 2 aromatic carbocycles. The SMILES string of the molecule is CCCS(=O)(=O)N1CCc2ccc(NC(=O)c3ccc(OC)c(OC)c3)cc2C1. The fourth-order valence-corrected chi connectivity index (χ4v) is 4.89. The van der Waals surface area contributed by atoms with Crippen LogP contribution < -0.4 is 14.8 Å². The standard InChI is InChI=1S/C21H26N2O5S/c1-4-11-29(25,26)23-10-9-15-5-7-18(12-17(15)14-23)22-21(24)16-6-8-19(27-2)20(13-16)28-3/h5-8,12-13H,4,9-11,14H2,1-3H3,(H,22,24). The van der Waals surface area contributed by atoms with Gasteiger partial charge in [-0.1, -0.05) is 13.0 Å². The number of hydrogen-bond acceptors (Lipinski definition) is 5. The first-order valence-corrected chi connectivity index (χ1v) is 11.1. The Hall–Kier alpha value is -2.58. The molecule has 0 unspecified atom stereocenters. The summed E-state index contributed by atoms with van der Waals surface area (Å²) in [7, 11) is -0.197. The van der Waals surface area contributed by atoms with E-state index in [-0.39, 0.29) is 11.7 Å². The van der Waals surface area contributed by atoms with Crippen molar-refractivity contribution in [3.63, 3.8) is 0 Å². The lowest BCUT2D eigenvalue weighted by Crippen LogP contribution is -2.37. The van der Waals surface area contributed by atoms with Crippen molar-refractivity contribution in [3.8, 4) is 11.5 Å². The molecule has 8 heteroatoms. The first-order valence-electron chi connectivity index (χ1n) is 9.51. The van der Waals surface area contributed by atoms with Gasteiger partial charge in [-0.25, -0.2) is 8.42 Å². The Bertz CT molecular complexity index is 1000. The summed E-state index contributed by atoms with van der Waals surface area (Å²) >= 11 is 0. The number of amides is 1. The van der Waals surface area contributed by atoms with Gasteiger partial charge in [0.15, 0.2) is 11.5 Å². The highest BCUT2D eigenvalue weighted by molar-refractivity contribution is 7.89. The van der Waals surface area contributed by atoms with Gasteiger partial charge in [-0.3, -0.25) is 4.79 Å². The smallest absolute Gasteiger partial charge is 0.255 e. The van der Waals surface area contributed by atoms with Crippen LogP contribution in [-0.2, 0) is 23.0 Å². The summed E-state index contributed by atoms with van der Waals surface area (Å²) in [6.45, 7) is 2.68. The number of ether oxygens (including phenoxy) is 2. The molecular formula is C21H26N2O5S. The highest BCUT2D eigenvalue weighted by Crippen LogP contribution is 2.29. The molecule has 0 spiro atoms. The number of anilines is 1. The number of fused-ring (bicyclic) bond motifs is 1. The first kappa shape index (κ1) is 21.1. The fourth-order valence-electron chi connectivity index (χ4n) is 3.41. The van der Waals surface area contributed by atoms with Crippen molar-refractivity contribution in [3.05, 3.63) is 53.1 Å². The normalized spacial score (nSPS) is 14.2. The summed E-state index contributed by atoms with van der Waals surface area (Å²) in [5.41, 5.74) is 3.09. The van der Waals surface area contributed by atoms with Crippen molar-refractivity contribution in [1.29, 1.82) is 0 Å². The van der Waals surface area contributed by atoms with Crippen LogP contribution in [-0.4, -0.2) is 45.1 Å². The fraction of sp³-hybridized carbons (Fsp3) is 0.381. The molecule has 0 saturated heterocycles. The molecule has 3 rings (SSSR count). The molecule has 0 bridgehead atoms. The van der Waals surface area contributed by atoms with E-state index in [2.05, 4.69) is 5.32 Å². The zero-order valence-corrected chi connectivity index (χ0v) is 17.7. The first-order chi connectivity index (χ1) is 13.9. The van der Waals surface area contributed by atoms with Gasteiger partial charge in [-0.15, -0.1) is 0 Å². The Morgan fingerprint density at radius 1 is 1.07 bits per heavy atom. The maximum atomic E-state index is 12.6. The number of carbonyl (C=O) groups is 1. The van der Waals surface area contributed by atoms with Gasteiger partial charge in [0.05, 0.1) is 20.0 Å². The van der Waals surface area contributed by atoms with Crippen LogP contribution >= 0.6 is 0 Å². The van der Waals surface area contributed by atoms with E-state index in [0.29, 0.717) is 48.7 Å². The van der Waals surface area contributed by atoms with Crippen molar-refractivity contribution in [1.82, 2.24) is 4.31 Å². The number of hydrogen-bond donors (Lipinski definition) is 1. The third-order valence-corrected chi connectivity index (χ3v) is 6.97. The molecule has 0 fully saturated rings. The maximum absolute atomic E-state index is 12.6. The summed E-state index contributed by atoms with van der Waals surface area (Å²) < 4.78 is 36.7. The summed E-state index contributed by atoms with van der Waals surface area (Å²) in [4.78, 5) is 12.6. The van der Waals surface area contributed by atoms with Crippen LogP contribution in [0.5, 0.6) is 11.5 Å².